The van der Waals surface area contributed by atoms with E-state index in [1.165, 1.54) is 0 Å². The van der Waals surface area contributed by atoms with Crippen LogP contribution in [0.3, 0.4) is 0 Å². The normalized spacial score (nSPS) is 25.6. The number of rotatable bonds is 10. The number of aryl methyl sites for hydroxylation is 1. The van der Waals surface area contributed by atoms with E-state index in [0.717, 1.165) is 12.0 Å². The second kappa shape index (κ2) is 12.4. The average molecular weight is 513 g/mol. The van der Waals surface area contributed by atoms with E-state index in [4.69, 9.17) is 19.9 Å². The number of nitrogens with zero attached hydrogens (tertiary/aromatic N) is 1. The molecule has 37 heavy (non-hydrogen) atoms. The average Bonchev–Trinajstić information content (AvgIpc) is 3.25. The molecule has 0 spiro atoms. The topological polar surface area (TPSA) is 114 Å². The van der Waals surface area contributed by atoms with Gasteiger partial charge in [0.15, 0.2) is 0 Å². The fourth-order valence-electron chi connectivity index (χ4n) is 5.46. The van der Waals surface area contributed by atoms with Gasteiger partial charge in [-0.3, -0.25) is 4.79 Å². The summed E-state index contributed by atoms with van der Waals surface area (Å²) in [6, 6.07) is 14.9. The number of aliphatic hydroxyl groups is 2. The fourth-order valence-corrected chi connectivity index (χ4v) is 5.46. The van der Waals surface area contributed by atoms with Gasteiger partial charge in [-0.05, 0) is 56.7 Å². The van der Waals surface area contributed by atoms with Crippen LogP contribution in [0.5, 0.6) is 11.5 Å². The molecule has 2 aromatic rings. The number of amides is 1. The molecule has 4 rings (SSSR count). The number of carbonyl (C=O) groups excluding carboxylic acids is 1. The zero-order valence-electron chi connectivity index (χ0n) is 21.8. The molecule has 1 aliphatic carbocycles. The minimum atomic E-state index is -1.39. The summed E-state index contributed by atoms with van der Waals surface area (Å²) in [7, 11) is 1.66. The van der Waals surface area contributed by atoms with Gasteiger partial charge in [-0.1, -0.05) is 36.4 Å². The number of morpholine rings is 1. The first-order valence-electron chi connectivity index (χ1n) is 13.2. The Morgan fingerprint density at radius 1 is 1.14 bits per heavy atom. The number of ether oxygens (including phenoxy) is 3. The van der Waals surface area contributed by atoms with Gasteiger partial charge < -0.3 is 35.1 Å². The zero-order valence-corrected chi connectivity index (χ0v) is 21.8. The van der Waals surface area contributed by atoms with Crippen molar-refractivity contribution >= 4 is 5.91 Å². The molecule has 2 aliphatic rings. The van der Waals surface area contributed by atoms with Gasteiger partial charge in [0.2, 0.25) is 5.91 Å². The van der Waals surface area contributed by atoms with Crippen LogP contribution in [0.1, 0.15) is 43.2 Å². The van der Waals surface area contributed by atoms with E-state index in [-0.39, 0.29) is 24.4 Å². The highest BCUT2D eigenvalue weighted by atomic mass is 16.5. The summed E-state index contributed by atoms with van der Waals surface area (Å²) >= 11 is 0. The number of carbonyl (C=O) groups is 1. The molecule has 8 heteroatoms. The van der Waals surface area contributed by atoms with Crippen molar-refractivity contribution in [2.75, 3.05) is 33.4 Å². The van der Waals surface area contributed by atoms with Crippen LogP contribution >= 0.6 is 0 Å². The SMILES string of the molecule is COCCCC[C@](O)(c1ccccc1Oc1ccccc1C)[C@H]1CN(C(=O)[C@H]2C[C@@H](N)[C@@H](O)C2)CCO1. The van der Waals surface area contributed by atoms with Crippen LogP contribution in [0.25, 0.3) is 0 Å². The number of unbranched alkanes of at least 4 members (excludes halogenated alkanes) is 1. The molecule has 2 aromatic carbocycles. The van der Waals surface area contributed by atoms with Gasteiger partial charge in [0.25, 0.3) is 0 Å². The molecular weight excluding hydrogens is 472 g/mol. The fraction of sp³-hybridized carbons (Fsp3) is 0.552. The number of methoxy groups -OCH3 is 1. The Hall–Kier alpha value is -2.49. The lowest BCUT2D eigenvalue weighted by Crippen LogP contribution is -2.55. The van der Waals surface area contributed by atoms with E-state index >= 15 is 0 Å². The van der Waals surface area contributed by atoms with Crippen molar-refractivity contribution in [3.8, 4) is 11.5 Å². The van der Waals surface area contributed by atoms with Crippen LogP contribution in [-0.2, 0) is 19.9 Å². The standard InChI is InChI=1S/C29H40N2O6/c1-20-9-3-5-11-25(20)37-26-12-6-4-10-22(26)29(34,13-7-8-15-35-2)27-19-31(14-16-36-27)28(33)21-17-23(30)24(32)18-21/h3-6,9-12,21,23-24,27,32,34H,7-8,13-19,30H2,1-2H3/t21-,23+,24-,27+,29-/m0/s1. The molecule has 1 saturated heterocycles. The zero-order chi connectivity index (χ0) is 26.4. The maximum absolute atomic E-state index is 13.3. The first-order valence-corrected chi connectivity index (χ1v) is 13.2. The Labute approximate surface area is 219 Å². The van der Waals surface area contributed by atoms with Gasteiger partial charge in [-0.2, -0.15) is 0 Å². The lowest BCUT2D eigenvalue weighted by atomic mass is 9.82. The van der Waals surface area contributed by atoms with Crippen molar-refractivity contribution in [2.24, 2.45) is 11.7 Å². The van der Waals surface area contributed by atoms with Crippen LogP contribution < -0.4 is 10.5 Å². The molecule has 8 nitrogen and oxygen atoms in total. The van der Waals surface area contributed by atoms with E-state index < -0.39 is 17.8 Å². The third-order valence-corrected chi connectivity index (χ3v) is 7.66. The molecular formula is C29H40N2O6. The maximum atomic E-state index is 13.3. The molecule has 202 valence electrons. The van der Waals surface area contributed by atoms with Crippen molar-refractivity contribution in [1.29, 1.82) is 0 Å². The van der Waals surface area contributed by atoms with Gasteiger partial charge in [-0.25, -0.2) is 0 Å². The molecule has 1 heterocycles. The van der Waals surface area contributed by atoms with Crippen LogP contribution in [0, 0.1) is 12.8 Å². The molecule has 1 amide bonds. The summed E-state index contributed by atoms with van der Waals surface area (Å²) in [4.78, 5) is 15.1. The summed E-state index contributed by atoms with van der Waals surface area (Å²) in [5.74, 6) is 0.929. The van der Waals surface area contributed by atoms with Gasteiger partial charge in [-0.15, -0.1) is 0 Å². The molecule has 0 aromatic heterocycles. The summed E-state index contributed by atoms with van der Waals surface area (Å²) in [6.45, 7) is 3.59. The van der Waals surface area contributed by atoms with E-state index in [2.05, 4.69) is 0 Å². The summed E-state index contributed by atoms with van der Waals surface area (Å²) in [5, 5.41) is 22.4. The Bertz CT molecular complexity index is 1040. The van der Waals surface area contributed by atoms with Crippen molar-refractivity contribution in [1.82, 2.24) is 4.90 Å². The number of hydrogen-bond donors (Lipinski definition) is 3. The van der Waals surface area contributed by atoms with Gasteiger partial charge in [0, 0.05) is 37.8 Å². The molecule has 1 saturated carbocycles. The minimum absolute atomic E-state index is 0.0357. The van der Waals surface area contributed by atoms with Crippen LogP contribution in [0.2, 0.25) is 0 Å². The number of para-hydroxylation sites is 2. The highest BCUT2D eigenvalue weighted by molar-refractivity contribution is 5.79. The maximum Gasteiger partial charge on any atom is 0.226 e. The second-order valence-corrected chi connectivity index (χ2v) is 10.3. The molecule has 0 radical (unpaired) electrons. The Morgan fingerprint density at radius 2 is 1.86 bits per heavy atom. The third kappa shape index (κ3) is 6.33. The van der Waals surface area contributed by atoms with Gasteiger partial charge >= 0.3 is 0 Å². The van der Waals surface area contributed by atoms with Crippen molar-refractivity contribution in [2.45, 2.75) is 62.9 Å². The minimum Gasteiger partial charge on any atom is -0.457 e. The van der Waals surface area contributed by atoms with Crippen LogP contribution in [0.15, 0.2) is 48.5 Å². The summed E-state index contributed by atoms with van der Waals surface area (Å²) in [5.41, 5.74) is 6.20. The van der Waals surface area contributed by atoms with E-state index in [9.17, 15) is 15.0 Å². The van der Waals surface area contributed by atoms with E-state index in [1.54, 1.807) is 12.0 Å². The molecule has 0 bridgehead atoms. The smallest absolute Gasteiger partial charge is 0.226 e. The Kier molecular flexibility index (Phi) is 9.21. The summed E-state index contributed by atoms with van der Waals surface area (Å²) in [6.07, 6.45) is 1.45. The first-order chi connectivity index (χ1) is 17.8. The monoisotopic (exact) mass is 512 g/mol. The second-order valence-electron chi connectivity index (χ2n) is 10.3. The highest BCUT2D eigenvalue weighted by Gasteiger charge is 2.45. The Balaban J connectivity index is 1.61. The number of aliphatic hydroxyl groups excluding tert-OH is 1. The molecule has 0 unspecified atom stereocenters. The van der Waals surface area contributed by atoms with Crippen LogP contribution in [-0.4, -0.2) is 72.7 Å². The molecule has 2 fully saturated rings. The summed E-state index contributed by atoms with van der Waals surface area (Å²) < 4.78 is 17.7. The third-order valence-electron chi connectivity index (χ3n) is 7.66. The predicted molar refractivity (Wildman–Crippen MR) is 140 cm³/mol. The molecule has 1 aliphatic heterocycles. The van der Waals surface area contributed by atoms with Crippen LogP contribution in [0.4, 0.5) is 0 Å². The lowest BCUT2D eigenvalue weighted by Gasteiger charge is -2.43. The van der Waals surface area contributed by atoms with Gasteiger partial charge in [0.05, 0.1) is 19.3 Å². The largest absolute Gasteiger partial charge is 0.457 e. The van der Waals surface area contributed by atoms with Crippen molar-refractivity contribution < 1.29 is 29.2 Å². The van der Waals surface area contributed by atoms with Crippen molar-refractivity contribution in [3.05, 3.63) is 59.7 Å². The predicted octanol–water partition coefficient (Wildman–Crippen LogP) is 3.12. The molecule has 4 N–H and O–H groups in total. The van der Waals surface area contributed by atoms with E-state index in [0.29, 0.717) is 62.5 Å². The number of hydrogen-bond acceptors (Lipinski definition) is 7. The van der Waals surface area contributed by atoms with Gasteiger partial charge in [0.1, 0.15) is 23.2 Å². The quantitative estimate of drug-likeness (QED) is 0.419. The highest BCUT2D eigenvalue weighted by Crippen LogP contribution is 2.41. The number of nitrogens with two attached hydrogens (primary N) is 1. The van der Waals surface area contributed by atoms with E-state index in [1.807, 2.05) is 55.5 Å². The Morgan fingerprint density at radius 3 is 2.57 bits per heavy atom. The molecule has 5 atom stereocenters. The number of benzene rings is 2. The lowest BCUT2D eigenvalue weighted by molar-refractivity contribution is -0.168. The van der Waals surface area contributed by atoms with Crippen molar-refractivity contribution in [3.63, 3.8) is 0 Å². The first kappa shape index (κ1) is 27.5.